The van der Waals surface area contributed by atoms with Crippen LogP contribution in [0.25, 0.3) is 0 Å². The largest absolute Gasteiger partial charge is 0.377 e. The Kier molecular flexibility index (Phi) is 14.8. The zero-order chi connectivity index (χ0) is 15.9. The van der Waals surface area contributed by atoms with Crippen LogP contribution >= 0.6 is 0 Å². The first-order valence-electron chi connectivity index (χ1n) is 9.52. The minimum absolute atomic E-state index is 0.361. The molecule has 128 valence electrons. The highest BCUT2D eigenvalue weighted by Crippen LogP contribution is 2.17. The third-order valence-corrected chi connectivity index (χ3v) is 4.25. The van der Waals surface area contributed by atoms with Crippen molar-refractivity contribution in [2.45, 2.75) is 105 Å². The molecule has 2 heteroatoms. The Labute approximate surface area is 134 Å². The molecule has 0 aliphatic carbocycles. The summed E-state index contributed by atoms with van der Waals surface area (Å²) in [6.45, 7) is 13.0. The van der Waals surface area contributed by atoms with Gasteiger partial charge in [-0.2, -0.15) is 0 Å². The molecule has 0 saturated carbocycles. The van der Waals surface area contributed by atoms with Crippen LogP contribution in [-0.2, 0) is 4.74 Å². The van der Waals surface area contributed by atoms with Crippen molar-refractivity contribution in [3.63, 3.8) is 0 Å². The van der Waals surface area contributed by atoms with Gasteiger partial charge in [0.15, 0.2) is 0 Å². The summed E-state index contributed by atoms with van der Waals surface area (Å²) < 4.78 is 5.98. The van der Waals surface area contributed by atoms with E-state index in [0.717, 1.165) is 13.2 Å². The zero-order valence-electron chi connectivity index (χ0n) is 15.4. The van der Waals surface area contributed by atoms with Crippen LogP contribution in [0.3, 0.4) is 0 Å². The Morgan fingerprint density at radius 2 is 1.38 bits per heavy atom. The van der Waals surface area contributed by atoms with E-state index >= 15 is 0 Å². The van der Waals surface area contributed by atoms with Gasteiger partial charge in [-0.25, -0.2) is 0 Å². The summed E-state index contributed by atoms with van der Waals surface area (Å²) in [5.74, 6) is 0.586. The topological polar surface area (TPSA) is 21.3 Å². The maximum Gasteiger partial charge on any atom is 0.0750 e. The Morgan fingerprint density at radius 3 is 1.86 bits per heavy atom. The van der Waals surface area contributed by atoms with Crippen molar-refractivity contribution in [2.75, 3.05) is 13.2 Å². The molecule has 0 bridgehead atoms. The predicted octanol–water partition coefficient (Wildman–Crippen LogP) is 5.56. The zero-order valence-corrected chi connectivity index (χ0v) is 15.4. The first-order valence-corrected chi connectivity index (χ1v) is 9.52. The van der Waals surface area contributed by atoms with Crippen LogP contribution in [0.1, 0.15) is 92.4 Å². The quantitative estimate of drug-likeness (QED) is 0.400. The summed E-state index contributed by atoms with van der Waals surface area (Å²) in [6.07, 6.45) is 12.8. The SMILES string of the molecule is CCCCCCCCCCC(NCC)C(OCC)C(C)C. The normalized spacial score (nSPS) is 14.6. The van der Waals surface area contributed by atoms with Crippen LogP contribution in [0.4, 0.5) is 0 Å². The van der Waals surface area contributed by atoms with Crippen molar-refractivity contribution in [1.82, 2.24) is 5.32 Å². The van der Waals surface area contributed by atoms with Gasteiger partial charge < -0.3 is 10.1 Å². The lowest BCUT2D eigenvalue weighted by molar-refractivity contribution is 0.00128. The molecule has 0 aromatic rings. The number of likely N-dealkylation sites (N-methyl/N-ethyl adjacent to an activating group) is 1. The highest BCUT2D eigenvalue weighted by atomic mass is 16.5. The number of rotatable bonds is 15. The van der Waals surface area contributed by atoms with Gasteiger partial charge in [0.2, 0.25) is 0 Å². The summed E-state index contributed by atoms with van der Waals surface area (Å²) in [5.41, 5.74) is 0. The highest BCUT2D eigenvalue weighted by molar-refractivity contribution is 4.79. The lowest BCUT2D eigenvalue weighted by Crippen LogP contribution is -2.44. The fourth-order valence-electron chi connectivity index (χ4n) is 3.11. The van der Waals surface area contributed by atoms with Gasteiger partial charge in [0, 0.05) is 12.6 Å². The molecule has 21 heavy (non-hydrogen) atoms. The molecule has 0 aliphatic rings. The van der Waals surface area contributed by atoms with Gasteiger partial charge in [0.1, 0.15) is 0 Å². The molecular weight excluding hydrogens is 258 g/mol. The van der Waals surface area contributed by atoms with Crippen LogP contribution in [0, 0.1) is 5.92 Å². The molecule has 0 aliphatic heterocycles. The van der Waals surface area contributed by atoms with Gasteiger partial charge in [-0.1, -0.05) is 79.1 Å². The number of unbranched alkanes of at least 4 members (excludes halogenated alkanes) is 7. The van der Waals surface area contributed by atoms with Gasteiger partial charge >= 0.3 is 0 Å². The summed E-state index contributed by atoms with van der Waals surface area (Å²) in [4.78, 5) is 0. The van der Waals surface area contributed by atoms with Crippen molar-refractivity contribution >= 4 is 0 Å². The Balaban J connectivity index is 3.87. The standard InChI is InChI=1S/C19H41NO/c1-6-9-10-11-12-13-14-15-16-18(20-7-2)19(17(4)5)21-8-3/h17-20H,6-16H2,1-5H3. The van der Waals surface area contributed by atoms with Crippen LogP contribution in [0.2, 0.25) is 0 Å². The first kappa shape index (κ1) is 20.9. The van der Waals surface area contributed by atoms with Crippen LogP contribution in [0.15, 0.2) is 0 Å². The molecule has 0 fully saturated rings. The van der Waals surface area contributed by atoms with E-state index in [2.05, 4.69) is 39.9 Å². The van der Waals surface area contributed by atoms with Crippen LogP contribution in [-0.4, -0.2) is 25.3 Å². The van der Waals surface area contributed by atoms with Crippen molar-refractivity contribution in [3.8, 4) is 0 Å². The van der Waals surface area contributed by atoms with E-state index in [9.17, 15) is 0 Å². The third kappa shape index (κ3) is 11.2. The summed E-state index contributed by atoms with van der Waals surface area (Å²) in [7, 11) is 0. The molecule has 0 aromatic carbocycles. The monoisotopic (exact) mass is 299 g/mol. The van der Waals surface area contributed by atoms with Crippen molar-refractivity contribution in [3.05, 3.63) is 0 Å². The molecule has 2 nitrogen and oxygen atoms in total. The molecule has 2 atom stereocenters. The Bertz CT molecular complexity index is 206. The van der Waals surface area contributed by atoms with Gasteiger partial charge in [0.05, 0.1) is 6.10 Å². The van der Waals surface area contributed by atoms with E-state index < -0.39 is 0 Å². The molecule has 0 spiro atoms. The van der Waals surface area contributed by atoms with E-state index in [1.807, 2.05) is 0 Å². The van der Waals surface area contributed by atoms with E-state index in [0.29, 0.717) is 18.1 Å². The third-order valence-electron chi connectivity index (χ3n) is 4.25. The number of ether oxygens (including phenoxy) is 1. The minimum atomic E-state index is 0.361. The van der Waals surface area contributed by atoms with E-state index in [1.54, 1.807) is 0 Å². The summed E-state index contributed by atoms with van der Waals surface area (Å²) >= 11 is 0. The second-order valence-electron chi connectivity index (χ2n) is 6.59. The lowest BCUT2D eigenvalue weighted by atomic mass is 9.94. The van der Waals surface area contributed by atoms with Gasteiger partial charge in [-0.3, -0.25) is 0 Å². The second-order valence-corrected chi connectivity index (χ2v) is 6.59. The Hall–Kier alpha value is -0.0800. The number of nitrogens with one attached hydrogen (secondary N) is 1. The first-order chi connectivity index (χ1) is 10.2. The fraction of sp³-hybridized carbons (Fsp3) is 1.00. The van der Waals surface area contributed by atoms with Crippen LogP contribution in [0.5, 0.6) is 0 Å². The van der Waals surface area contributed by atoms with Crippen molar-refractivity contribution < 1.29 is 4.74 Å². The highest BCUT2D eigenvalue weighted by Gasteiger charge is 2.23. The van der Waals surface area contributed by atoms with E-state index in [1.165, 1.54) is 57.8 Å². The molecule has 0 amide bonds. The van der Waals surface area contributed by atoms with Crippen LogP contribution < -0.4 is 5.32 Å². The lowest BCUT2D eigenvalue weighted by Gasteiger charge is -2.30. The number of hydrogen-bond donors (Lipinski definition) is 1. The molecule has 0 rings (SSSR count). The van der Waals surface area contributed by atoms with Gasteiger partial charge in [-0.15, -0.1) is 0 Å². The smallest absolute Gasteiger partial charge is 0.0750 e. The van der Waals surface area contributed by atoms with Gasteiger partial charge in [0.25, 0.3) is 0 Å². The second kappa shape index (κ2) is 14.8. The average molecular weight is 300 g/mol. The van der Waals surface area contributed by atoms with Gasteiger partial charge in [-0.05, 0) is 25.8 Å². The maximum absolute atomic E-state index is 5.98. The Morgan fingerprint density at radius 1 is 0.810 bits per heavy atom. The average Bonchev–Trinajstić information content (AvgIpc) is 2.46. The molecule has 0 saturated heterocycles. The van der Waals surface area contributed by atoms with E-state index in [-0.39, 0.29) is 0 Å². The predicted molar refractivity (Wildman–Crippen MR) is 94.9 cm³/mol. The molecule has 0 aromatic heterocycles. The molecule has 1 N–H and O–H groups in total. The minimum Gasteiger partial charge on any atom is -0.377 e. The fourth-order valence-corrected chi connectivity index (χ4v) is 3.11. The summed E-state index contributed by atoms with van der Waals surface area (Å²) in [5, 5.41) is 3.64. The summed E-state index contributed by atoms with van der Waals surface area (Å²) in [6, 6.07) is 0.523. The van der Waals surface area contributed by atoms with Crippen molar-refractivity contribution in [2.24, 2.45) is 5.92 Å². The molecule has 0 heterocycles. The maximum atomic E-state index is 5.98. The van der Waals surface area contributed by atoms with Crippen molar-refractivity contribution in [1.29, 1.82) is 0 Å². The van der Waals surface area contributed by atoms with E-state index in [4.69, 9.17) is 4.74 Å². The molecule has 0 radical (unpaired) electrons. The molecule has 2 unspecified atom stereocenters. The molecular formula is C19H41NO. The number of hydrogen-bond acceptors (Lipinski definition) is 2.